The zero-order valence-corrected chi connectivity index (χ0v) is 7.75. The Hall–Kier alpha value is -1.84. The van der Waals surface area contributed by atoms with Crippen molar-refractivity contribution < 1.29 is 14.7 Å². The minimum Gasteiger partial charge on any atom is -0.480 e. The number of aliphatic carboxylic acids is 1. The number of carbonyl (C=O) groups excluding carboxylic acids is 1. The molecule has 0 bridgehead atoms. The van der Waals surface area contributed by atoms with E-state index in [-0.39, 0.29) is 0 Å². The van der Waals surface area contributed by atoms with Gasteiger partial charge in [-0.1, -0.05) is 18.2 Å². The quantitative estimate of drug-likeness (QED) is 0.729. The van der Waals surface area contributed by atoms with Crippen molar-refractivity contribution in [2.75, 3.05) is 4.90 Å². The van der Waals surface area contributed by atoms with Gasteiger partial charge in [0.15, 0.2) is 0 Å². The minimum absolute atomic E-state index is 0.522. The van der Waals surface area contributed by atoms with Crippen LogP contribution in [0.2, 0.25) is 0 Å². The van der Waals surface area contributed by atoms with Crippen molar-refractivity contribution in [1.82, 2.24) is 0 Å². The van der Waals surface area contributed by atoms with E-state index in [4.69, 9.17) is 5.11 Å². The van der Waals surface area contributed by atoms with E-state index in [0.29, 0.717) is 12.1 Å². The molecule has 0 spiro atoms. The molecule has 4 nitrogen and oxygen atoms in total. The lowest BCUT2D eigenvalue weighted by molar-refractivity contribution is -0.138. The number of nitrogens with zero attached hydrogens (tertiary/aromatic N) is 1. The first-order chi connectivity index (χ1) is 6.66. The molecule has 1 N–H and O–H groups in total. The van der Waals surface area contributed by atoms with Gasteiger partial charge in [-0.05, 0) is 19.1 Å². The van der Waals surface area contributed by atoms with Crippen molar-refractivity contribution in [2.24, 2.45) is 0 Å². The Kier molecular flexibility index (Phi) is 3.23. The highest BCUT2D eigenvalue weighted by atomic mass is 16.4. The molecule has 74 valence electrons. The Balaban J connectivity index is 2.93. The SMILES string of the molecule is C[C@@H](C(=O)O)N(C=O)c1ccccc1. The van der Waals surface area contributed by atoms with Crippen molar-refractivity contribution in [3.63, 3.8) is 0 Å². The van der Waals surface area contributed by atoms with Crippen LogP contribution in [0.4, 0.5) is 5.69 Å². The van der Waals surface area contributed by atoms with Gasteiger partial charge in [-0.15, -0.1) is 0 Å². The maximum atomic E-state index is 10.7. The highest BCUT2D eigenvalue weighted by Crippen LogP contribution is 2.14. The standard InChI is InChI=1S/C10H11NO3/c1-8(10(13)14)11(7-12)9-5-3-2-4-6-9/h2-8H,1H3,(H,13,14)/t8-/m0/s1. The Morgan fingerprint density at radius 2 is 2.00 bits per heavy atom. The van der Waals surface area contributed by atoms with Crippen LogP contribution in [-0.4, -0.2) is 23.5 Å². The van der Waals surface area contributed by atoms with Gasteiger partial charge in [0.2, 0.25) is 6.41 Å². The summed E-state index contributed by atoms with van der Waals surface area (Å²) >= 11 is 0. The van der Waals surface area contributed by atoms with Gasteiger partial charge in [-0.3, -0.25) is 4.79 Å². The Bertz CT molecular complexity index is 323. The summed E-state index contributed by atoms with van der Waals surface area (Å²) in [7, 11) is 0. The maximum absolute atomic E-state index is 10.7. The number of carboxylic acids is 1. The van der Waals surface area contributed by atoms with E-state index in [1.807, 2.05) is 0 Å². The normalized spacial score (nSPS) is 11.8. The number of hydrogen-bond acceptors (Lipinski definition) is 2. The summed E-state index contributed by atoms with van der Waals surface area (Å²) in [6.45, 7) is 1.46. The number of para-hydroxylation sites is 1. The summed E-state index contributed by atoms with van der Waals surface area (Å²) in [6, 6.07) is 7.83. The van der Waals surface area contributed by atoms with E-state index in [2.05, 4.69) is 0 Å². The van der Waals surface area contributed by atoms with Crippen LogP contribution in [0.3, 0.4) is 0 Å². The zero-order valence-electron chi connectivity index (χ0n) is 7.75. The number of benzene rings is 1. The van der Waals surface area contributed by atoms with Crippen molar-refractivity contribution in [3.8, 4) is 0 Å². The Morgan fingerprint density at radius 1 is 1.43 bits per heavy atom. The molecule has 0 radical (unpaired) electrons. The van der Waals surface area contributed by atoms with Crippen molar-refractivity contribution in [3.05, 3.63) is 30.3 Å². The molecule has 1 amide bonds. The maximum Gasteiger partial charge on any atom is 0.326 e. The van der Waals surface area contributed by atoms with Crippen LogP contribution in [0.25, 0.3) is 0 Å². The van der Waals surface area contributed by atoms with Gasteiger partial charge < -0.3 is 10.0 Å². The smallest absolute Gasteiger partial charge is 0.326 e. The topological polar surface area (TPSA) is 57.6 Å². The monoisotopic (exact) mass is 193 g/mol. The molecule has 1 aromatic rings. The molecule has 0 aliphatic heterocycles. The number of anilines is 1. The third-order valence-electron chi connectivity index (χ3n) is 1.94. The molecule has 14 heavy (non-hydrogen) atoms. The Morgan fingerprint density at radius 3 is 2.43 bits per heavy atom. The van der Waals surface area contributed by atoms with Crippen LogP contribution in [0.1, 0.15) is 6.92 Å². The van der Waals surface area contributed by atoms with Crippen LogP contribution in [0.5, 0.6) is 0 Å². The molecule has 0 unspecified atom stereocenters. The van der Waals surface area contributed by atoms with Crippen LogP contribution in [-0.2, 0) is 9.59 Å². The van der Waals surface area contributed by atoms with E-state index >= 15 is 0 Å². The summed E-state index contributed by atoms with van der Waals surface area (Å²) in [5.41, 5.74) is 0.581. The first-order valence-electron chi connectivity index (χ1n) is 4.18. The molecule has 0 aliphatic carbocycles. The lowest BCUT2D eigenvalue weighted by Crippen LogP contribution is -2.37. The highest BCUT2D eigenvalue weighted by molar-refractivity contribution is 5.87. The van der Waals surface area contributed by atoms with E-state index in [0.717, 1.165) is 0 Å². The second-order valence-corrected chi connectivity index (χ2v) is 2.86. The molecule has 0 aromatic heterocycles. The van der Waals surface area contributed by atoms with E-state index in [1.54, 1.807) is 30.3 Å². The van der Waals surface area contributed by atoms with Crippen LogP contribution in [0.15, 0.2) is 30.3 Å². The molecule has 1 rings (SSSR count). The average Bonchev–Trinajstić information content (AvgIpc) is 2.20. The third kappa shape index (κ3) is 2.10. The molecule has 0 heterocycles. The minimum atomic E-state index is -1.03. The molecular weight excluding hydrogens is 182 g/mol. The summed E-state index contributed by atoms with van der Waals surface area (Å²) in [4.78, 5) is 22.6. The predicted octanol–water partition coefficient (Wildman–Crippen LogP) is 1.12. The summed E-state index contributed by atoms with van der Waals surface area (Å²) in [5, 5.41) is 8.74. The summed E-state index contributed by atoms with van der Waals surface area (Å²) in [5.74, 6) is -1.03. The van der Waals surface area contributed by atoms with Crippen LogP contribution >= 0.6 is 0 Å². The van der Waals surface area contributed by atoms with Gasteiger partial charge in [0.05, 0.1) is 0 Å². The fourth-order valence-corrected chi connectivity index (χ4v) is 1.09. The molecule has 0 fully saturated rings. The van der Waals surface area contributed by atoms with Gasteiger partial charge in [0.1, 0.15) is 6.04 Å². The van der Waals surface area contributed by atoms with Gasteiger partial charge in [0, 0.05) is 5.69 Å². The number of carboxylic acid groups (broad SMARTS) is 1. The van der Waals surface area contributed by atoms with Crippen LogP contribution < -0.4 is 4.90 Å². The number of amides is 1. The fourth-order valence-electron chi connectivity index (χ4n) is 1.09. The molecule has 0 saturated carbocycles. The van der Waals surface area contributed by atoms with E-state index < -0.39 is 12.0 Å². The number of carbonyl (C=O) groups is 2. The third-order valence-corrected chi connectivity index (χ3v) is 1.94. The van der Waals surface area contributed by atoms with Gasteiger partial charge in [-0.2, -0.15) is 0 Å². The lowest BCUT2D eigenvalue weighted by atomic mass is 10.2. The van der Waals surface area contributed by atoms with Gasteiger partial charge in [-0.25, -0.2) is 4.79 Å². The van der Waals surface area contributed by atoms with E-state index in [9.17, 15) is 9.59 Å². The van der Waals surface area contributed by atoms with E-state index in [1.165, 1.54) is 11.8 Å². The lowest BCUT2D eigenvalue weighted by Gasteiger charge is -2.21. The molecule has 0 saturated heterocycles. The first kappa shape index (κ1) is 10.2. The second-order valence-electron chi connectivity index (χ2n) is 2.86. The van der Waals surface area contributed by atoms with Crippen molar-refractivity contribution in [1.29, 1.82) is 0 Å². The molecular formula is C10H11NO3. The summed E-state index contributed by atoms with van der Waals surface area (Å²) < 4.78 is 0. The van der Waals surface area contributed by atoms with Crippen LogP contribution in [0, 0.1) is 0 Å². The zero-order chi connectivity index (χ0) is 10.6. The molecule has 4 heteroatoms. The molecule has 1 atom stereocenters. The molecule has 0 aliphatic rings. The van der Waals surface area contributed by atoms with Gasteiger partial charge in [0.25, 0.3) is 0 Å². The predicted molar refractivity (Wildman–Crippen MR) is 52.1 cm³/mol. The fraction of sp³-hybridized carbons (Fsp3) is 0.200. The Labute approximate surface area is 81.8 Å². The summed E-state index contributed by atoms with van der Waals surface area (Å²) in [6.07, 6.45) is 0.522. The second kappa shape index (κ2) is 4.41. The first-order valence-corrected chi connectivity index (χ1v) is 4.18. The largest absolute Gasteiger partial charge is 0.480 e. The van der Waals surface area contributed by atoms with Crippen molar-refractivity contribution in [2.45, 2.75) is 13.0 Å². The molecule has 1 aromatic carbocycles. The van der Waals surface area contributed by atoms with Crippen molar-refractivity contribution >= 4 is 18.1 Å². The number of hydrogen-bond donors (Lipinski definition) is 1. The number of rotatable bonds is 4. The van der Waals surface area contributed by atoms with Gasteiger partial charge >= 0.3 is 5.97 Å². The highest BCUT2D eigenvalue weighted by Gasteiger charge is 2.19. The average molecular weight is 193 g/mol.